The van der Waals surface area contributed by atoms with E-state index >= 15 is 0 Å². The minimum Gasteiger partial charge on any atom is -0.872 e. The zero-order chi connectivity index (χ0) is 23.1. The summed E-state index contributed by atoms with van der Waals surface area (Å²) < 4.78 is 0. The Hall–Kier alpha value is -3.59. The number of pyridine rings is 2. The maximum absolute atomic E-state index is 11.3. The Morgan fingerprint density at radius 2 is 0.939 bits per heavy atom. The van der Waals surface area contributed by atoms with E-state index in [9.17, 15) is 15.3 Å². The van der Waals surface area contributed by atoms with Crippen molar-refractivity contribution in [2.45, 2.75) is 20.8 Å². The molecular weight excluding hydrogens is 427 g/mol. The topological polar surface area (TPSA) is 95.0 Å². The van der Waals surface area contributed by atoms with Crippen LogP contribution >= 0.6 is 0 Å². The second-order valence-corrected chi connectivity index (χ2v) is 7.37. The number of fused-ring (bicyclic) bond motifs is 2. The van der Waals surface area contributed by atoms with Crippen molar-refractivity contribution in [2.75, 3.05) is 0 Å². The fourth-order valence-corrected chi connectivity index (χ4v) is 2.97. The second-order valence-electron chi connectivity index (χ2n) is 7.37. The van der Waals surface area contributed by atoms with Crippen LogP contribution in [0.25, 0.3) is 21.8 Å². The fourth-order valence-electron chi connectivity index (χ4n) is 2.97. The van der Waals surface area contributed by atoms with Gasteiger partial charge in [0.05, 0.1) is 11.0 Å². The molecule has 0 bridgehead atoms. The molecule has 0 fully saturated rings. The third-order valence-electron chi connectivity index (χ3n) is 4.67. The third-order valence-corrected chi connectivity index (χ3v) is 4.67. The molecule has 0 aliphatic carbocycles. The maximum atomic E-state index is 11.3. The molecule has 2 aromatic heterocycles. The number of aromatic nitrogens is 2. The van der Waals surface area contributed by atoms with E-state index in [1.54, 1.807) is 24.3 Å². The largest absolute Gasteiger partial charge is 3.00 e. The average Bonchev–Trinajstić information content (AvgIpc) is 2.78. The van der Waals surface area contributed by atoms with Crippen LogP contribution in [0.3, 0.4) is 0 Å². The minimum absolute atomic E-state index is 0. The molecule has 162 valence electrons. The van der Waals surface area contributed by atoms with Crippen molar-refractivity contribution in [3.8, 4) is 17.2 Å². The van der Waals surface area contributed by atoms with Crippen LogP contribution in [0.2, 0.25) is 0 Å². The summed E-state index contributed by atoms with van der Waals surface area (Å²) in [4.78, 5) is 8.33. The quantitative estimate of drug-likeness (QED) is 0.333. The monoisotopic (exact) mass is 450 g/mol. The Balaban J connectivity index is 0.000000177. The Morgan fingerprint density at radius 1 is 0.515 bits per heavy atom. The molecule has 0 unspecified atom stereocenters. The molecule has 0 amide bonds. The third kappa shape index (κ3) is 7.22. The fraction of sp³-hybridized carbons (Fsp3) is 0.111. The van der Waals surface area contributed by atoms with Gasteiger partial charge in [0, 0.05) is 11.4 Å². The van der Waals surface area contributed by atoms with Gasteiger partial charge in [-0.2, -0.15) is 0 Å². The van der Waals surface area contributed by atoms with Gasteiger partial charge in [0.25, 0.3) is 0 Å². The van der Waals surface area contributed by atoms with Gasteiger partial charge in [0.2, 0.25) is 0 Å². The summed E-state index contributed by atoms with van der Waals surface area (Å²) in [6.07, 6.45) is 0. The van der Waals surface area contributed by atoms with Crippen LogP contribution in [-0.2, 0) is 0 Å². The van der Waals surface area contributed by atoms with Gasteiger partial charge in [-0.3, -0.25) is 9.97 Å². The van der Waals surface area contributed by atoms with Gasteiger partial charge in [0.1, 0.15) is 0 Å². The second kappa shape index (κ2) is 11.9. The van der Waals surface area contributed by atoms with Crippen molar-refractivity contribution in [1.82, 2.24) is 9.97 Å². The van der Waals surface area contributed by atoms with Crippen molar-refractivity contribution in [3.63, 3.8) is 0 Å². The Morgan fingerprint density at radius 3 is 1.33 bits per heavy atom. The van der Waals surface area contributed by atoms with Crippen LogP contribution < -0.4 is 15.3 Å². The van der Waals surface area contributed by atoms with Gasteiger partial charge >= 0.3 is 17.4 Å². The maximum Gasteiger partial charge on any atom is 3.00 e. The van der Waals surface area contributed by atoms with Gasteiger partial charge in [0.15, 0.2) is 0 Å². The molecule has 5 rings (SSSR count). The van der Waals surface area contributed by atoms with Gasteiger partial charge in [-0.1, -0.05) is 89.9 Å². The summed E-state index contributed by atoms with van der Waals surface area (Å²) in [6.45, 7) is 5.72. The van der Waals surface area contributed by atoms with Crippen molar-refractivity contribution >= 4 is 39.2 Å². The van der Waals surface area contributed by atoms with E-state index in [0.717, 1.165) is 27.7 Å². The summed E-state index contributed by atoms with van der Waals surface area (Å²) in [5.74, 6) is 0.0722. The number of para-hydroxylation sites is 2. The molecule has 3 aromatic carbocycles. The minimum atomic E-state index is -0.00352. The summed E-state index contributed by atoms with van der Waals surface area (Å²) in [6, 6.07) is 24.7. The number of hydrogen-bond donors (Lipinski definition) is 0. The summed E-state index contributed by atoms with van der Waals surface area (Å²) in [5, 5.41) is 34.8. The molecule has 0 saturated carbocycles. The van der Waals surface area contributed by atoms with Crippen LogP contribution in [0.4, 0.5) is 0 Å². The molecule has 0 aliphatic heterocycles. The molecular formula is C27H23AlN2O3. The molecule has 2 heterocycles. The summed E-state index contributed by atoms with van der Waals surface area (Å²) in [5.41, 5.74) is 4.02. The Kier molecular flexibility index (Phi) is 9.23. The van der Waals surface area contributed by atoms with Gasteiger partial charge < -0.3 is 15.3 Å². The van der Waals surface area contributed by atoms with E-state index in [1.807, 2.05) is 69.3 Å². The van der Waals surface area contributed by atoms with Crippen LogP contribution in [-0.4, -0.2) is 27.3 Å². The zero-order valence-electron chi connectivity index (χ0n) is 18.8. The zero-order valence-corrected chi connectivity index (χ0v) is 19.9. The van der Waals surface area contributed by atoms with Crippen molar-refractivity contribution in [3.05, 3.63) is 102 Å². The predicted molar refractivity (Wildman–Crippen MR) is 128 cm³/mol. The number of rotatable bonds is 0. The first kappa shape index (κ1) is 25.7. The van der Waals surface area contributed by atoms with E-state index in [4.69, 9.17) is 0 Å². The first-order valence-corrected chi connectivity index (χ1v) is 10.1. The van der Waals surface area contributed by atoms with Crippen LogP contribution in [0.15, 0.2) is 84.9 Å². The van der Waals surface area contributed by atoms with Gasteiger partial charge in [-0.05, 0) is 43.7 Å². The van der Waals surface area contributed by atoms with Gasteiger partial charge in [-0.25, -0.2) is 0 Å². The number of hydrogen-bond acceptors (Lipinski definition) is 5. The molecule has 0 N–H and O–H groups in total. The number of nitrogens with zero attached hydrogens (tertiary/aromatic N) is 2. The van der Waals surface area contributed by atoms with Gasteiger partial charge in [-0.15, -0.1) is 5.75 Å². The number of benzene rings is 3. The standard InChI is InChI=1S/2C10H9NO.C7H8O.Al/c2*1-7-5-6-8-3-2-4-9(12)10(8)11-7;1-6-2-4-7(8)5-3-6;/h2*2-6,12H,1H3;2-5,8H,1H3;/q;;;+3/p-3. The molecule has 0 spiro atoms. The normalized spacial score (nSPS) is 9.79. The molecule has 5 aromatic rings. The first-order valence-electron chi connectivity index (χ1n) is 10.1. The van der Waals surface area contributed by atoms with Crippen LogP contribution in [0.1, 0.15) is 17.0 Å². The molecule has 0 saturated heterocycles. The van der Waals surface area contributed by atoms with E-state index in [1.165, 1.54) is 12.1 Å². The number of aryl methyl sites for hydroxylation is 3. The van der Waals surface area contributed by atoms with Crippen molar-refractivity contribution in [1.29, 1.82) is 0 Å². The molecule has 0 radical (unpaired) electrons. The van der Waals surface area contributed by atoms with Crippen molar-refractivity contribution < 1.29 is 15.3 Å². The first-order chi connectivity index (χ1) is 15.3. The molecule has 0 atom stereocenters. The smallest absolute Gasteiger partial charge is 0.872 e. The average molecular weight is 450 g/mol. The Labute approximate surface area is 204 Å². The van der Waals surface area contributed by atoms with E-state index in [-0.39, 0.29) is 34.6 Å². The van der Waals surface area contributed by atoms with Crippen LogP contribution in [0.5, 0.6) is 17.2 Å². The Bertz CT molecular complexity index is 1230. The van der Waals surface area contributed by atoms with E-state index in [0.29, 0.717) is 11.0 Å². The SMILES string of the molecule is Cc1ccc([O-])cc1.Cc1ccc2cccc([O-])c2n1.Cc1ccc2cccc([O-])c2n1.[Al+3]. The predicted octanol–water partition coefficient (Wildman–Crippen LogP) is 3.92. The molecule has 5 nitrogen and oxygen atoms in total. The molecule has 33 heavy (non-hydrogen) atoms. The van der Waals surface area contributed by atoms with Crippen LogP contribution in [0, 0.1) is 20.8 Å². The van der Waals surface area contributed by atoms with E-state index in [2.05, 4.69) is 9.97 Å². The van der Waals surface area contributed by atoms with Crippen molar-refractivity contribution in [2.24, 2.45) is 0 Å². The summed E-state index contributed by atoms with van der Waals surface area (Å²) in [7, 11) is 0. The van der Waals surface area contributed by atoms with E-state index < -0.39 is 0 Å². The molecule has 6 heteroatoms. The molecule has 0 aliphatic rings. The summed E-state index contributed by atoms with van der Waals surface area (Å²) >= 11 is 0.